The van der Waals surface area contributed by atoms with E-state index in [0.29, 0.717) is 12.2 Å². The van der Waals surface area contributed by atoms with Gasteiger partial charge in [0.2, 0.25) is 0 Å². The monoisotopic (exact) mass is 291 g/mol. The Bertz CT molecular complexity index is 644. The number of hydrogen-bond donors (Lipinski definition) is 1. The summed E-state index contributed by atoms with van der Waals surface area (Å²) in [5.74, 6) is 0. The first-order valence-electron chi connectivity index (χ1n) is 6.45. The Balaban J connectivity index is 2.23. The van der Waals surface area contributed by atoms with Gasteiger partial charge in [0, 0.05) is 6.54 Å². The zero-order valence-electron chi connectivity index (χ0n) is 11.9. The van der Waals surface area contributed by atoms with Crippen molar-refractivity contribution in [2.75, 3.05) is 5.32 Å². The third-order valence-electron chi connectivity index (χ3n) is 2.88. The highest BCUT2D eigenvalue weighted by molar-refractivity contribution is 6.32. The molecule has 0 bridgehead atoms. The normalized spacial score (nSPS) is 11.4. The van der Waals surface area contributed by atoms with Crippen molar-refractivity contribution in [2.24, 2.45) is 0 Å². The third kappa shape index (κ3) is 3.20. The number of rotatable bonds is 3. The van der Waals surface area contributed by atoms with E-state index in [9.17, 15) is 4.79 Å². The molecule has 0 saturated heterocycles. The van der Waals surface area contributed by atoms with Crippen molar-refractivity contribution in [2.45, 2.75) is 32.9 Å². The second-order valence-electron chi connectivity index (χ2n) is 5.60. The summed E-state index contributed by atoms with van der Waals surface area (Å²) in [5.41, 5.74) is 1.00. The molecule has 0 aliphatic heterocycles. The van der Waals surface area contributed by atoms with E-state index in [1.165, 1.54) is 4.68 Å². The molecule has 20 heavy (non-hydrogen) atoms. The van der Waals surface area contributed by atoms with Crippen LogP contribution in [0.5, 0.6) is 0 Å². The zero-order valence-corrected chi connectivity index (χ0v) is 12.6. The Labute approximate surface area is 123 Å². The molecule has 4 nitrogen and oxygen atoms in total. The van der Waals surface area contributed by atoms with Crippen LogP contribution in [0.3, 0.4) is 0 Å². The van der Waals surface area contributed by atoms with Crippen molar-refractivity contribution in [3.63, 3.8) is 0 Å². The fourth-order valence-corrected chi connectivity index (χ4v) is 2.02. The predicted molar refractivity (Wildman–Crippen MR) is 82.3 cm³/mol. The number of hydrogen-bond acceptors (Lipinski definition) is 3. The minimum atomic E-state index is -0.390. The van der Waals surface area contributed by atoms with E-state index in [0.717, 1.165) is 5.56 Å². The highest BCUT2D eigenvalue weighted by Crippen LogP contribution is 2.19. The van der Waals surface area contributed by atoms with Gasteiger partial charge in [-0.15, -0.1) is 0 Å². The van der Waals surface area contributed by atoms with Crippen LogP contribution in [0, 0.1) is 0 Å². The molecule has 0 radical (unpaired) electrons. The van der Waals surface area contributed by atoms with E-state index in [4.69, 9.17) is 11.6 Å². The van der Waals surface area contributed by atoms with Crippen LogP contribution < -0.4 is 10.9 Å². The molecule has 0 unspecified atom stereocenters. The quantitative estimate of drug-likeness (QED) is 0.944. The van der Waals surface area contributed by atoms with Crippen LogP contribution in [0.1, 0.15) is 26.3 Å². The number of halogens is 1. The van der Waals surface area contributed by atoms with Gasteiger partial charge in [0.25, 0.3) is 5.56 Å². The predicted octanol–water partition coefficient (Wildman–Crippen LogP) is 3.26. The van der Waals surface area contributed by atoms with Gasteiger partial charge < -0.3 is 5.32 Å². The highest BCUT2D eigenvalue weighted by atomic mass is 35.5. The molecule has 106 valence electrons. The number of nitrogens with zero attached hydrogens (tertiary/aromatic N) is 2. The molecular formula is C15H18ClN3O. The third-order valence-corrected chi connectivity index (χ3v) is 3.25. The molecule has 5 heteroatoms. The van der Waals surface area contributed by atoms with Crippen LogP contribution in [0.4, 0.5) is 5.69 Å². The van der Waals surface area contributed by atoms with Gasteiger partial charge in [0.05, 0.1) is 17.4 Å². The van der Waals surface area contributed by atoms with E-state index in [2.05, 4.69) is 10.4 Å². The van der Waals surface area contributed by atoms with E-state index >= 15 is 0 Å². The van der Waals surface area contributed by atoms with Crippen LogP contribution in [-0.2, 0) is 12.1 Å². The van der Waals surface area contributed by atoms with E-state index in [-0.39, 0.29) is 10.6 Å². The lowest BCUT2D eigenvalue weighted by Gasteiger charge is -2.21. The summed E-state index contributed by atoms with van der Waals surface area (Å²) in [4.78, 5) is 12.2. The van der Waals surface area contributed by atoms with Gasteiger partial charge in [-0.1, -0.05) is 41.9 Å². The van der Waals surface area contributed by atoms with Crippen molar-refractivity contribution in [1.29, 1.82) is 0 Å². The van der Waals surface area contributed by atoms with Gasteiger partial charge in [-0.25, -0.2) is 4.68 Å². The van der Waals surface area contributed by atoms with Gasteiger partial charge in [-0.2, -0.15) is 5.10 Å². The standard InChI is InChI=1S/C15H18ClN3O/c1-15(2,3)19-14(20)13(16)12(10-18-19)17-9-11-7-5-4-6-8-11/h4-8,10,17H,9H2,1-3H3. The molecule has 2 rings (SSSR count). The molecule has 0 fully saturated rings. The van der Waals surface area contributed by atoms with Gasteiger partial charge in [-0.05, 0) is 26.3 Å². The smallest absolute Gasteiger partial charge is 0.288 e. The summed E-state index contributed by atoms with van der Waals surface area (Å²) in [5, 5.41) is 7.49. The van der Waals surface area contributed by atoms with Crippen molar-refractivity contribution >= 4 is 17.3 Å². The molecule has 0 amide bonds. The Kier molecular flexibility index (Phi) is 4.14. The molecule has 0 atom stereocenters. The van der Waals surface area contributed by atoms with E-state index < -0.39 is 5.54 Å². The number of anilines is 1. The highest BCUT2D eigenvalue weighted by Gasteiger charge is 2.19. The molecule has 0 saturated carbocycles. The minimum absolute atomic E-state index is 0.172. The fraction of sp³-hybridized carbons (Fsp3) is 0.333. The number of benzene rings is 1. The molecule has 0 spiro atoms. The summed E-state index contributed by atoms with van der Waals surface area (Å²) in [6, 6.07) is 9.90. The summed E-state index contributed by atoms with van der Waals surface area (Å²) >= 11 is 6.13. The fourth-order valence-electron chi connectivity index (χ4n) is 1.83. The average Bonchev–Trinajstić information content (AvgIpc) is 2.40. The topological polar surface area (TPSA) is 46.9 Å². The largest absolute Gasteiger partial charge is 0.378 e. The average molecular weight is 292 g/mol. The lowest BCUT2D eigenvalue weighted by atomic mass is 10.1. The molecule has 1 aromatic carbocycles. The van der Waals surface area contributed by atoms with Crippen LogP contribution in [0.15, 0.2) is 41.3 Å². The second kappa shape index (κ2) is 5.67. The van der Waals surface area contributed by atoms with Gasteiger partial charge in [0.1, 0.15) is 5.02 Å². The van der Waals surface area contributed by atoms with E-state index in [1.54, 1.807) is 6.20 Å². The van der Waals surface area contributed by atoms with Crippen LogP contribution in [0.25, 0.3) is 0 Å². The molecule has 0 aliphatic carbocycles. The molecule has 1 aromatic heterocycles. The Morgan fingerprint density at radius 3 is 2.50 bits per heavy atom. The first-order valence-corrected chi connectivity index (χ1v) is 6.83. The summed E-state index contributed by atoms with van der Waals surface area (Å²) in [6.45, 7) is 6.33. The van der Waals surface area contributed by atoms with Crippen LogP contribution in [0.2, 0.25) is 5.02 Å². The summed E-state index contributed by atoms with van der Waals surface area (Å²) < 4.78 is 1.39. The summed E-state index contributed by atoms with van der Waals surface area (Å²) in [7, 11) is 0. The van der Waals surface area contributed by atoms with E-state index in [1.807, 2.05) is 51.1 Å². The first-order chi connectivity index (χ1) is 9.39. The maximum atomic E-state index is 12.2. The summed E-state index contributed by atoms with van der Waals surface area (Å²) in [6.07, 6.45) is 1.60. The zero-order chi connectivity index (χ0) is 14.8. The maximum Gasteiger partial charge on any atom is 0.288 e. The van der Waals surface area contributed by atoms with Crippen LogP contribution in [-0.4, -0.2) is 9.78 Å². The molecule has 0 aliphatic rings. The molecule has 1 heterocycles. The van der Waals surface area contributed by atoms with Crippen molar-refractivity contribution < 1.29 is 0 Å². The lowest BCUT2D eigenvalue weighted by molar-refractivity contribution is 0.338. The van der Waals surface area contributed by atoms with Gasteiger partial charge in [0.15, 0.2) is 0 Å². The number of nitrogens with one attached hydrogen (secondary N) is 1. The van der Waals surface area contributed by atoms with Crippen LogP contribution >= 0.6 is 11.6 Å². The lowest BCUT2D eigenvalue weighted by Crippen LogP contribution is -2.36. The first kappa shape index (κ1) is 14.6. The Morgan fingerprint density at radius 2 is 1.90 bits per heavy atom. The molecule has 2 aromatic rings. The van der Waals surface area contributed by atoms with Crippen molar-refractivity contribution in [1.82, 2.24) is 9.78 Å². The SMILES string of the molecule is CC(C)(C)n1ncc(NCc2ccccc2)c(Cl)c1=O. The second-order valence-corrected chi connectivity index (χ2v) is 5.98. The molecular weight excluding hydrogens is 274 g/mol. The van der Waals surface area contributed by atoms with Crippen molar-refractivity contribution in [3.05, 3.63) is 57.5 Å². The Morgan fingerprint density at radius 1 is 1.25 bits per heavy atom. The molecule has 1 N–H and O–H groups in total. The maximum absolute atomic E-state index is 12.2. The minimum Gasteiger partial charge on any atom is -0.378 e. The van der Waals surface area contributed by atoms with Gasteiger partial charge in [-0.3, -0.25) is 4.79 Å². The Hall–Kier alpha value is -1.81. The van der Waals surface area contributed by atoms with Crippen molar-refractivity contribution in [3.8, 4) is 0 Å². The number of aromatic nitrogens is 2. The van der Waals surface area contributed by atoms with Gasteiger partial charge >= 0.3 is 0 Å².